The molecule has 0 aliphatic heterocycles. The highest BCUT2D eigenvalue weighted by atomic mass is 32.2. The minimum absolute atomic E-state index is 0.00502. The Labute approximate surface area is 176 Å². The molecule has 3 aromatic rings. The van der Waals surface area contributed by atoms with Crippen molar-refractivity contribution in [2.75, 3.05) is 19.8 Å². The molecular weight excluding hydrogens is 382 g/mol. The van der Waals surface area contributed by atoms with E-state index in [2.05, 4.69) is 22.4 Å². The van der Waals surface area contributed by atoms with Crippen LogP contribution in [0, 0.1) is 0 Å². The summed E-state index contributed by atoms with van der Waals surface area (Å²) in [5.41, 5.74) is 3.97. The van der Waals surface area contributed by atoms with Crippen LogP contribution in [0.5, 0.6) is 0 Å². The van der Waals surface area contributed by atoms with E-state index in [4.69, 9.17) is 9.72 Å². The van der Waals surface area contributed by atoms with Gasteiger partial charge in [0.25, 0.3) is 0 Å². The van der Waals surface area contributed by atoms with Crippen molar-refractivity contribution in [1.82, 2.24) is 15.3 Å². The molecule has 0 saturated carbocycles. The van der Waals surface area contributed by atoms with E-state index in [0.29, 0.717) is 19.8 Å². The monoisotopic (exact) mass is 409 g/mol. The number of carbonyl (C=O) groups excluding carboxylic acids is 1. The van der Waals surface area contributed by atoms with Gasteiger partial charge >= 0.3 is 0 Å². The third-order valence-electron chi connectivity index (χ3n) is 4.42. The van der Waals surface area contributed by atoms with E-state index in [0.717, 1.165) is 34.1 Å². The van der Waals surface area contributed by atoms with Gasteiger partial charge in [-0.15, -0.1) is 0 Å². The van der Waals surface area contributed by atoms with E-state index in [1.54, 1.807) is 0 Å². The smallest absolute Gasteiger partial charge is 0.233 e. The first-order valence-corrected chi connectivity index (χ1v) is 10.8. The first kappa shape index (κ1) is 21.1. The van der Waals surface area contributed by atoms with Crippen molar-refractivity contribution >= 4 is 17.7 Å². The first-order valence-electron chi connectivity index (χ1n) is 9.92. The number of imidazole rings is 1. The number of benzene rings is 2. The summed E-state index contributed by atoms with van der Waals surface area (Å²) in [6.45, 7) is 5.85. The molecule has 2 aromatic carbocycles. The second-order valence-corrected chi connectivity index (χ2v) is 7.93. The summed E-state index contributed by atoms with van der Waals surface area (Å²) in [7, 11) is 0. The van der Waals surface area contributed by atoms with Crippen molar-refractivity contribution in [3.63, 3.8) is 0 Å². The van der Waals surface area contributed by atoms with Gasteiger partial charge in [-0.3, -0.25) is 4.79 Å². The van der Waals surface area contributed by atoms with Crippen molar-refractivity contribution in [3.8, 4) is 22.5 Å². The van der Waals surface area contributed by atoms with Crippen LogP contribution in [0.3, 0.4) is 0 Å². The van der Waals surface area contributed by atoms with Crippen LogP contribution in [-0.4, -0.2) is 40.9 Å². The third kappa shape index (κ3) is 5.95. The van der Waals surface area contributed by atoms with Gasteiger partial charge in [-0.2, -0.15) is 0 Å². The molecule has 5 nitrogen and oxygen atoms in total. The summed E-state index contributed by atoms with van der Waals surface area (Å²) < 4.78 is 5.30. The lowest BCUT2D eigenvalue weighted by atomic mass is 10.1. The Morgan fingerprint density at radius 1 is 1.10 bits per heavy atom. The summed E-state index contributed by atoms with van der Waals surface area (Å²) in [5, 5.41) is 3.45. The molecule has 0 aliphatic rings. The van der Waals surface area contributed by atoms with Gasteiger partial charge in [-0.25, -0.2) is 4.98 Å². The summed E-state index contributed by atoms with van der Waals surface area (Å²) in [6, 6.07) is 20.2. The maximum absolute atomic E-state index is 12.4. The Bertz CT molecular complexity index is 840. The Balaban J connectivity index is 1.73. The quantitative estimate of drug-likeness (QED) is 0.374. The zero-order valence-corrected chi connectivity index (χ0v) is 17.7. The number of rotatable bonds is 10. The highest BCUT2D eigenvalue weighted by molar-refractivity contribution is 8.00. The number of nitrogens with zero attached hydrogens (tertiary/aromatic N) is 1. The molecule has 29 heavy (non-hydrogen) atoms. The molecule has 2 N–H and O–H groups in total. The molecule has 0 aliphatic carbocycles. The van der Waals surface area contributed by atoms with E-state index in [1.807, 2.05) is 62.4 Å². The van der Waals surface area contributed by atoms with Crippen LogP contribution < -0.4 is 5.32 Å². The predicted octanol–water partition coefficient (Wildman–Crippen LogP) is 4.77. The number of aromatic amines is 1. The van der Waals surface area contributed by atoms with E-state index in [9.17, 15) is 4.79 Å². The molecule has 0 bridgehead atoms. The SMILES string of the molecule is CCOCCCNC(=O)C(C)Sc1nc(-c2ccccc2)c(-c2ccccc2)[nH]1. The number of thioether (sulfide) groups is 1. The molecule has 1 amide bonds. The van der Waals surface area contributed by atoms with Gasteiger partial charge in [0.15, 0.2) is 5.16 Å². The lowest BCUT2D eigenvalue weighted by Crippen LogP contribution is -2.32. The summed E-state index contributed by atoms with van der Waals surface area (Å²) in [4.78, 5) is 20.6. The number of nitrogens with one attached hydrogen (secondary N) is 2. The van der Waals surface area contributed by atoms with E-state index in [-0.39, 0.29) is 11.2 Å². The largest absolute Gasteiger partial charge is 0.382 e. The third-order valence-corrected chi connectivity index (χ3v) is 5.40. The lowest BCUT2D eigenvalue weighted by Gasteiger charge is -2.10. The molecule has 152 valence electrons. The van der Waals surface area contributed by atoms with Crippen LogP contribution in [0.15, 0.2) is 65.8 Å². The van der Waals surface area contributed by atoms with Gasteiger partial charge in [0, 0.05) is 30.9 Å². The number of amides is 1. The summed E-state index contributed by atoms with van der Waals surface area (Å²) >= 11 is 1.43. The number of aromatic nitrogens is 2. The van der Waals surface area contributed by atoms with Gasteiger partial charge in [0.05, 0.1) is 16.6 Å². The van der Waals surface area contributed by atoms with Gasteiger partial charge in [0.2, 0.25) is 5.91 Å². The Hall–Kier alpha value is -2.57. The molecule has 3 rings (SSSR count). The van der Waals surface area contributed by atoms with Crippen molar-refractivity contribution in [2.24, 2.45) is 0 Å². The second-order valence-electron chi connectivity index (χ2n) is 6.60. The van der Waals surface area contributed by atoms with E-state index >= 15 is 0 Å². The van der Waals surface area contributed by atoms with Crippen LogP contribution in [0.25, 0.3) is 22.5 Å². The molecule has 1 heterocycles. The standard InChI is InChI=1S/C23H27N3O2S/c1-3-28-16-10-15-24-22(27)17(2)29-23-25-20(18-11-6-4-7-12-18)21(26-23)19-13-8-5-9-14-19/h4-9,11-14,17H,3,10,15-16H2,1-2H3,(H,24,27)(H,25,26). The zero-order chi connectivity index (χ0) is 20.5. The predicted molar refractivity (Wildman–Crippen MR) is 119 cm³/mol. The van der Waals surface area contributed by atoms with Gasteiger partial charge in [-0.1, -0.05) is 72.4 Å². The molecule has 6 heteroatoms. The van der Waals surface area contributed by atoms with Gasteiger partial charge < -0.3 is 15.0 Å². The van der Waals surface area contributed by atoms with Crippen molar-refractivity contribution in [3.05, 3.63) is 60.7 Å². The number of hydrogen-bond acceptors (Lipinski definition) is 4. The molecule has 1 unspecified atom stereocenters. The molecule has 1 atom stereocenters. The maximum atomic E-state index is 12.4. The number of hydrogen-bond donors (Lipinski definition) is 2. The Morgan fingerprint density at radius 2 is 1.76 bits per heavy atom. The van der Waals surface area contributed by atoms with Crippen molar-refractivity contribution in [1.29, 1.82) is 0 Å². The Kier molecular flexibility index (Phi) is 7.90. The minimum atomic E-state index is -0.250. The second kappa shape index (κ2) is 10.8. The normalized spacial score (nSPS) is 11.9. The van der Waals surface area contributed by atoms with Crippen molar-refractivity contribution in [2.45, 2.75) is 30.7 Å². The van der Waals surface area contributed by atoms with Crippen LogP contribution >= 0.6 is 11.8 Å². The average Bonchev–Trinajstić information content (AvgIpc) is 3.18. The average molecular weight is 410 g/mol. The van der Waals surface area contributed by atoms with Crippen LogP contribution in [0.4, 0.5) is 0 Å². The number of ether oxygens (including phenoxy) is 1. The minimum Gasteiger partial charge on any atom is -0.382 e. The van der Waals surface area contributed by atoms with Crippen LogP contribution in [0.2, 0.25) is 0 Å². The molecule has 0 radical (unpaired) electrons. The fourth-order valence-corrected chi connectivity index (χ4v) is 3.75. The highest BCUT2D eigenvalue weighted by Gasteiger charge is 2.19. The van der Waals surface area contributed by atoms with Crippen LogP contribution in [0.1, 0.15) is 20.3 Å². The lowest BCUT2D eigenvalue weighted by molar-refractivity contribution is -0.120. The number of H-pyrrole nitrogens is 1. The summed E-state index contributed by atoms with van der Waals surface area (Å²) in [6.07, 6.45) is 0.814. The molecule has 1 aromatic heterocycles. The van der Waals surface area contributed by atoms with E-state index < -0.39 is 0 Å². The number of carbonyl (C=O) groups is 1. The Morgan fingerprint density at radius 3 is 2.41 bits per heavy atom. The fraction of sp³-hybridized carbons (Fsp3) is 0.304. The molecule has 0 fully saturated rings. The maximum Gasteiger partial charge on any atom is 0.233 e. The van der Waals surface area contributed by atoms with E-state index in [1.165, 1.54) is 11.8 Å². The highest BCUT2D eigenvalue weighted by Crippen LogP contribution is 2.33. The van der Waals surface area contributed by atoms with Crippen molar-refractivity contribution < 1.29 is 9.53 Å². The fourth-order valence-electron chi connectivity index (χ4n) is 2.92. The first-order chi connectivity index (χ1) is 14.2. The van der Waals surface area contributed by atoms with Crippen LogP contribution in [-0.2, 0) is 9.53 Å². The zero-order valence-electron chi connectivity index (χ0n) is 16.9. The molecular formula is C23H27N3O2S. The molecule has 0 saturated heterocycles. The van der Waals surface area contributed by atoms with Gasteiger partial charge in [0.1, 0.15) is 0 Å². The molecule has 0 spiro atoms. The topological polar surface area (TPSA) is 67.0 Å². The van der Waals surface area contributed by atoms with Gasteiger partial charge in [-0.05, 0) is 20.3 Å². The summed E-state index contributed by atoms with van der Waals surface area (Å²) in [5.74, 6) is 0.00502.